The molecule has 3 aromatic rings. The number of halogens is 1. The molecule has 0 atom stereocenters. The second-order valence-corrected chi connectivity index (χ2v) is 7.01. The van der Waals surface area contributed by atoms with Crippen LogP contribution in [0.2, 0.25) is 0 Å². The molecule has 0 N–H and O–H groups in total. The highest BCUT2D eigenvalue weighted by Gasteiger charge is 2.11. The molecule has 152 valence electrons. The van der Waals surface area contributed by atoms with Crippen LogP contribution < -0.4 is 4.74 Å². The summed E-state index contributed by atoms with van der Waals surface area (Å²) in [6.45, 7) is 4.99. The molecule has 1 aromatic heterocycles. The summed E-state index contributed by atoms with van der Waals surface area (Å²) >= 11 is 0. The van der Waals surface area contributed by atoms with E-state index in [1.807, 2.05) is 12.1 Å². The highest BCUT2D eigenvalue weighted by Crippen LogP contribution is 2.19. The normalized spacial score (nSPS) is 14.8. The molecular formula is C22H24FN3O3. The molecule has 0 unspecified atom stereocenters. The van der Waals surface area contributed by atoms with E-state index in [0.717, 1.165) is 51.3 Å². The molecule has 7 heteroatoms. The van der Waals surface area contributed by atoms with Crippen LogP contribution in [-0.4, -0.2) is 47.9 Å². The van der Waals surface area contributed by atoms with E-state index in [2.05, 4.69) is 27.2 Å². The summed E-state index contributed by atoms with van der Waals surface area (Å²) in [5.74, 6) is 1.15. The van der Waals surface area contributed by atoms with Crippen molar-refractivity contribution >= 4 is 0 Å². The number of morpholine rings is 1. The highest BCUT2D eigenvalue weighted by atomic mass is 19.1. The molecule has 4 rings (SSSR count). The summed E-state index contributed by atoms with van der Waals surface area (Å²) in [7, 11) is 0. The fraction of sp³-hybridized carbons (Fsp3) is 0.364. The molecule has 0 amide bonds. The predicted molar refractivity (Wildman–Crippen MR) is 106 cm³/mol. The first-order valence-corrected chi connectivity index (χ1v) is 9.87. The predicted octanol–water partition coefficient (Wildman–Crippen LogP) is 3.72. The van der Waals surface area contributed by atoms with Gasteiger partial charge in [0, 0.05) is 18.7 Å². The van der Waals surface area contributed by atoms with Gasteiger partial charge < -0.3 is 14.0 Å². The third kappa shape index (κ3) is 5.62. The van der Waals surface area contributed by atoms with Crippen molar-refractivity contribution in [1.82, 2.24) is 15.0 Å². The zero-order chi connectivity index (χ0) is 19.9. The summed E-state index contributed by atoms with van der Waals surface area (Å²) < 4.78 is 29.1. The van der Waals surface area contributed by atoms with E-state index in [4.69, 9.17) is 14.0 Å². The number of aryl methyl sites for hydroxylation is 1. The van der Waals surface area contributed by atoms with Crippen molar-refractivity contribution in [3.05, 3.63) is 65.8 Å². The van der Waals surface area contributed by atoms with E-state index < -0.39 is 0 Å². The molecule has 0 bridgehead atoms. The van der Waals surface area contributed by atoms with Crippen molar-refractivity contribution < 1.29 is 18.4 Å². The lowest BCUT2D eigenvalue weighted by molar-refractivity contribution is 0.0375. The Labute approximate surface area is 169 Å². The molecule has 2 heterocycles. The molecule has 0 aliphatic carbocycles. The van der Waals surface area contributed by atoms with Gasteiger partial charge in [0.1, 0.15) is 11.6 Å². The van der Waals surface area contributed by atoms with Crippen LogP contribution in [0.5, 0.6) is 5.75 Å². The molecule has 1 aliphatic rings. The SMILES string of the molecule is Fc1ccc(OCc2nc(-c3ccc(CCCN4CCOCC4)cc3)no2)cc1. The second kappa shape index (κ2) is 9.62. The third-order valence-electron chi connectivity index (χ3n) is 4.90. The maximum absolute atomic E-state index is 12.9. The standard InChI is InChI=1S/C22H24FN3O3/c23-19-7-9-20(10-8-19)28-16-21-24-22(25-29-21)18-5-3-17(4-6-18)2-1-11-26-12-14-27-15-13-26/h3-10H,1-2,11-16H2. The third-order valence-corrected chi connectivity index (χ3v) is 4.90. The summed E-state index contributed by atoms with van der Waals surface area (Å²) in [4.78, 5) is 6.82. The van der Waals surface area contributed by atoms with Crippen LogP contribution >= 0.6 is 0 Å². The quantitative estimate of drug-likeness (QED) is 0.577. The summed E-state index contributed by atoms with van der Waals surface area (Å²) in [6, 6.07) is 14.1. The van der Waals surface area contributed by atoms with Crippen molar-refractivity contribution in [3.8, 4) is 17.1 Å². The van der Waals surface area contributed by atoms with Crippen LogP contribution in [0.3, 0.4) is 0 Å². The molecule has 29 heavy (non-hydrogen) atoms. The Kier molecular flexibility index (Phi) is 6.49. The number of rotatable bonds is 8. The number of nitrogens with zero attached hydrogens (tertiary/aromatic N) is 3. The van der Waals surface area contributed by atoms with Crippen molar-refractivity contribution in [2.45, 2.75) is 19.4 Å². The second-order valence-electron chi connectivity index (χ2n) is 7.01. The first kappa shape index (κ1) is 19.5. The van der Waals surface area contributed by atoms with Crippen molar-refractivity contribution in [2.24, 2.45) is 0 Å². The number of hydrogen-bond acceptors (Lipinski definition) is 6. The summed E-state index contributed by atoms with van der Waals surface area (Å²) in [6.07, 6.45) is 2.17. The number of hydrogen-bond donors (Lipinski definition) is 0. The Morgan fingerprint density at radius 2 is 1.76 bits per heavy atom. The van der Waals surface area contributed by atoms with Crippen molar-refractivity contribution in [2.75, 3.05) is 32.8 Å². The monoisotopic (exact) mass is 397 g/mol. The van der Waals surface area contributed by atoms with Gasteiger partial charge in [0.15, 0.2) is 6.61 Å². The van der Waals surface area contributed by atoms with Gasteiger partial charge in [-0.2, -0.15) is 4.98 Å². The Balaban J connectivity index is 1.27. The van der Waals surface area contributed by atoms with Crippen LogP contribution in [0.4, 0.5) is 4.39 Å². The minimum Gasteiger partial charge on any atom is -0.484 e. The lowest BCUT2D eigenvalue weighted by atomic mass is 10.1. The Morgan fingerprint density at radius 1 is 1.00 bits per heavy atom. The fourth-order valence-corrected chi connectivity index (χ4v) is 3.26. The van der Waals surface area contributed by atoms with Gasteiger partial charge in [0.05, 0.1) is 13.2 Å². The van der Waals surface area contributed by atoms with Gasteiger partial charge >= 0.3 is 0 Å². The van der Waals surface area contributed by atoms with Crippen LogP contribution in [-0.2, 0) is 17.8 Å². The zero-order valence-electron chi connectivity index (χ0n) is 16.2. The van der Waals surface area contributed by atoms with Crippen LogP contribution in [0.15, 0.2) is 53.1 Å². The maximum Gasteiger partial charge on any atom is 0.264 e. The molecule has 1 saturated heterocycles. The zero-order valence-corrected chi connectivity index (χ0v) is 16.2. The van der Waals surface area contributed by atoms with Gasteiger partial charge in [-0.05, 0) is 49.2 Å². The average molecular weight is 397 g/mol. The van der Waals surface area contributed by atoms with Crippen molar-refractivity contribution in [3.63, 3.8) is 0 Å². The molecule has 6 nitrogen and oxygen atoms in total. The summed E-state index contributed by atoms with van der Waals surface area (Å²) in [5.41, 5.74) is 2.20. The van der Waals surface area contributed by atoms with Gasteiger partial charge in [0.25, 0.3) is 5.89 Å². The molecular weight excluding hydrogens is 373 g/mol. The Bertz CT molecular complexity index is 890. The highest BCUT2D eigenvalue weighted by molar-refractivity contribution is 5.54. The van der Waals surface area contributed by atoms with Crippen LogP contribution in [0.25, 0.3) is 11.4 Å². The molecule has 1 fully saturated rings. The minimum absolute atomic E-state index is 0.137. The number of aromatic nitrogens is 2. The first-order chi connectivity index (χ1) is 14.3. The lowest BCUT2D eigenvalue weighted by Crippen LogP contribution is -2.36. The number of ether oxygens (including phenoxy) is 2. The maximum atomic E-state index is 12.9. The van der Waals surface area contributed by atoms with Gasteiger partial charge in [-0.1, -0.05) is 29.4 Å². The topological polar surface area (TPSA) is 60.6 Å². The van der Waals surface area contributed by atoms with Gasteiger partial charge in [-0.3, -0.25) is 4.90 Å². The fourth-order valence-electron chi connectivity index (χ4n) is 3.26. The van der Waals surface area contributed by atoms with E-state index in [-0.39, 0.29) is 12.4 Å². The molecule has 0 radical (unpaired) electrons. The first-order valence-electron chi connectivity index (χ1n) is 9.87. The minimum atomic E-state index is -0.304. The Morgan fingerprint density at radius 3 is 2.52 bits per heavy atom. The van der Waals surface area contributed by atoms with E-state index in [9.17, 15) is 4.39 Å². The molecule has 2 aromatic carbocycles. The van der Waals surface area contributed by atoms with Crippen molar-refractivity contribution in [1.29, 1.82) is 0 Å². The van der Waals surface area contributed by atoms with Crippen LogP contribution in [0.1, 0.15) is 17.9 Å². The van der Waals surface area contributed by atoms with Crippen LogP contribution in [0, 0.1) is 5.82 Å². The van der Waals surface area contributed by atoms with E-state index in [0.29, 0.717) is 17.5 Å². The largest absolute Gasteiger partial charge is 0.484 e. The Hall–Kier alpha value is -2.77. The van der Waals surface area contributed by atoms with Gasteiger partial charge in [-0.25, -0.2) is 4.39 Å². The molecule has 1 aliphatic heterocycles. The van der Waals surface area contributed by atoms with Gasteiger partial charge in [0.2, 0.25) is 5.82 Å². The van der Waals surface area contributed by atoms with E-state index >= 15 is 0 Å². The molecule has 0 spiro atoms. The molecule has 0 saturated carbocycles. The van der Waals surface area contributed by atoms with E-state index in [1.54, 1.807) is 12.1 Å². The summed E-state index contributed by atoms with van der Waals surface area (Å²) in [5, 5.41) is 4.02. The van der Waals surface area contributed by atoms with Gasteiger partial charge in [-0.15, -0.1) is 0 Å². The number of benzene rings is 2. The smallest absolute Gasteiger partial charge is 0.264 e. The average Bonchev–Trinajstić information content (AvgIpc) is 3.24. The van der Waals surface area contributed by atoms with E-state index in [1.165, 1.54) is 17.7 Å². The lowest BCUT2D eigenvalue weighted by Gasteiger charge is -2.26.